The van der Waals surface area contributed by atoms with Gasteiger partial charge in [-0.2, -0.15) is 0 Å². The van der Waals surface area contributed by atoms with Gasteiger partial charge in [-0.15, -0.1) is 0 Å². The molecule has 2 heteroatoms. The number of halogens is 1. The summed E-state index contributed by atoms with van der Waals surface area (Å²) in [5.74, 6) is 5.18. The van der Waals surface area contributed by atoms with Gasteiger partial charge >= 0.3 is 0 Å². The van der Waals surface area contributed by atoms with Crippen molar-refractivity contribution in [1.82, 2.24) is 5.32 Å². The van der Waals surface area contributed by atoms with Gasteiger partial charge in [0.1, 0.15) is 0 Å². The van der Waals surface area contributed by atoms with Crippen LogP contribution in [0.15, 0.2) is 24.3 Å². The second-order valence-electron chi connectivity index (χ2n) is 7.46. The van der Waals surface area contributed by atoms with Gasteiger partial charge in [0.25, 0.3) is 0 Å². The van der Waals surface area contributed by atoms with E-state index in [0.717, 1.165) is 47.6 Å². The first kappa shape index (κ1) is 14.1. The molecular weight excluding hydrogens is 278 g/mol. The van der Waals surface area contributed by atoms with Crippen LogP contribution in [-0.2, 0) is 6.42 Å². The van der Waals surface area contributed by atoms with Crippen molar-refractivity contribution in [3.8, 4) is 0 Å². The summed E-state index contributed by atoms with van der Waals surface area (Å²) in [6.07, 6.45) is 6.95. The zero-order valence-electron chi connectivity index (χ0n) is 12.9. The van der Waals surface area contributed by atoms with Gasteiger partial charge in [-0.3, -0.25) is 0 Å². The summed E-state index contributed by atoms with van der Waals surface area (Å²) < 4.78 is 0. The molecule has 1 nitrogen and oxygen atoms in total. The Labute approximate surface area is 133 Å². The molecule has 5 atom stereocenters. The van der Waals surface area contributed by atoms with E-state index in [4.69, 9.17) is 11.6 Å². The van der Waals surface area contributed by atoms with Crippen LogP contribution in [0.4, 0.5) is 0 Å². The zero-order valence-corrected chi connectivity index (χ0v) is 13.7. The monoisotopic (exact) mass is 303 g/mol. The minimum absolute atomic E-state index is 0.668. The molecule has 3 fully saturated rings. The van der Waals surface area contributed by atoms with Crippen molar-refractivity contribution in [1.29, 1.82) is 0 Å². The van der Waals surface area contributed by atoms with Crippen molar-refractivity contribution in [2.75, 3.05) is 6.54 Å². The molecule has 0 aromatic heterocycles. The molecular formula is C19H26ClN. The minimum atomic E-state index is 0.668. The van der Waals surface area contributed by atoms with Crippen molar-refractivity contribution in [3.63, 3.8) is 0 Å². The molecule has 3 aliphatic rings. The largest absolute Gasteiger partial charge is 0.313 e. The van der Waals surface area contributed by atoms with E-state index in [1.54, 1.807) is 6.42 Å². The van der Waals surface area contributed by atoms with E-state index in [9.17, 15) is 0 Å². The Kier molecular flexibility index (Phi) is 3.75. The normalized spacial score (nSPS) is 37.5. The molecule has 0 heterocycles. The average molecular weight is 304 g/mol. The summed E-state index contributed by atoms with van der Waals surface area (Å²) in [7, 11) is 0. The number of nitrogens with one attached hydrogen (secondary N) is 1. The first-order valence-electron chi connectivity index (χ1n) is 8.75. The van der Waals surface area contributed by atoms with E-state index in [1.807, 2.05) is 6.07 Å². The van der Waals surface area contributed by atoms with Crippen LogP contribution in [0.25, 0.3) is 0 Å². The Bertz CT molecular complexity index is 498. The topological polar surface area (TPSA) is 12.0 Å². The molecule has 3 aliphatic carbocycles. The Morgan fingerprint density at radius 2 is 2.00 bits per heavy atom. The molecule has 21 heavy (non-hydrogen) atoms. The summed E-state index contributed by atoms with van der Waals surface area (Å²) in [6.45, 7) is 3.41. The van der Waals surface area contributed by atoms with Crippen LogP contribution in [0, 0.1) is 29.6 Å². The lowest BCUT2D eigenvalue weighted by atomic mass is 9.93. The van der Waals surface area contributed by atoms with E-state index in [-0.39, 0.29) is 0 Å². The number of hydrogen-bond donors (Lipinski definition) is 1. The van der Waals surface area contributed by atoms with Gasteiger partial charge in [0.05, 0.1) is 0 Å². The highest BCUT2D eigenvalue weighted by Gasteiger charge is 2.66. The fraction of sp³-hybridized carbons (Fsp3) is 0.684. The molecule has 1 aromatic rings. The third-order valence-electron chi connectivity index (χ3n) is 6.26. The van der Waals surface area contributed by atoms with Crippen molar-refractivity contribution >= 4 is 11.6 Å². The first-order chi connectivity index (χ1) is 10.3. The lowest BCUT2D eigenvalue weighted by Gasteiger charge is -2.22. The van der Waals surface area contributed by atoms with Crippen LogP contribution in [-0.4, -0.2) is 12.6 Å². The van der Waals surface area contributed by atoms with Crippen molar-refractivity contribution in [2.45, 2.75) is 45.1 Å². The van der Waals surface area contributed by atoms with Crippen LogP contribution in [0.3, 0.4) is 0 Å². The smallest absolute Gasteiger partial charge is 0.0408 e. The molecule has 114 valence electrons. The quantitative estimate of drug-likeness (QED) is 0.813. The van der Waals surface area contributed by atoms with E-state index in [2.05, 4.69) is 30.4 Å². The highest BCUT2D eigenvalue weighted by molar-refractivity contribution is 6.30. The maximum absolute atomic E-state index is 6.16. The summed E-state index contributed by atoms with van der Waals surface area (Å²) in [6, 6.07) is 9.12. The zero-order chi connectivity index (χ0) is 14.4. The molecule has 5 unspecified atom stereocenters. The van der Waals surface area contributed by atoms with Gasteiger partial charge < -0.3 is 5.32 Å². The molecule has 0 aliphatic heterocycles. The van der Waals surface area contributed by atoms with Crippen LogP contribution in [0.2, 0.25) is 5.02 Å². The lowest BCUT2D eigenvalue weighted by Crippen LogP contribution is -2.35. The van der Waals surface area contributed by atoms with Gasteiger partial charge in [0.2, 0.25) is 0 Å². The van der Waals surface area contributed by atoms with Crippen molar-refractivity contribution in [3.05, 3.63) is 34.9 Å². The Morgan fingerprint density at radius 1 is 1.24 bits per heavy atom. The minimum Gasteiger partial charge on any atom is -0.313 e. The van der Waals surface area contributed by atoms with Gasteiger partial charge in [0, 0.05) is 11.1 Å². The first-order valence-corrected chi connectivity index (χ1v) is 9.13. The highest BCUT2D eigenvalue weighted by atomic mass is 35.5. The van der Waals surface area contributed by atoms with Crippen molar-refractivity contribution < 1.29 is 0 Å². The second-order valence-corrected chi connectivity index (χ2v) is 7.90. The van der Waals surface area contributed by atoms with Gasteiger partial charge in [-0.25, -0.2) is 0 Å². The Hall–Kier alpha value is -0.530. The highest BCUT2D eigenvalue weighted by Crippen LogP contribution is 2.70. The van der Waals surface area contributed by atoms with Gasteiger partial charge in [-0.1, -0.05) is 30.7 Å². The fourth-order valence-corrected chi connectivity index (χ4v) is 5.74. The second kappa shape index (κ2) is 5.59. The fourth-order valence-electron chi connectivity index (χ4n) is 5.52. The average Bonchev–Trinajstić information content (AvgIpc) is 2.90. The maximum Gasteiger partial charge on any atom is 0.0408 e. The van der Waals surface area contributed by atoms with E-state index < -0.39 is 0 Å². The van der Waals surface area contributed by atoms with Crippen molar-refractivity contribution in [2.24, 2.45) is 29.6 Å². The van der Waals surface area contributed by atoms with E-state index in [0.29, 0.717) is 6.04 Å². The predicted octanol–water partition coefficient (Wildman–Crippen LogP) is 4.54. The number of fused-ring (bicyclic) bond motifs is 5. The number of hydrogen-bond acceptors (Lipinski definition) is 1. The maximum atomic E-state index is 6.16. The van der Waals surface area contributed by atoms with Crippen LogP contribution >= 0.6 is 11.6 Å². The molecule has 3 saturated carbocycles. The molecule has 0 amide bonds. The Morgan fingerprint density at radius 3 is 2.67 bits per heavy atom. The lowest BCUT2D eigenvalue weighted by molar-refractivity contribution is 0.361. The summed E-state index contributed by atoms with van der Waals surface area (Å²) in [5.41, 5.74) is 1.40. The summed E-state index contributed by atoms with van der Waals surface area (Å²) >= 11 is 6.16. The van der Waals surface area contributed by atoms with Gasteiger partial charge in [0.15, 0.2) is 0 Å². The molecule has 0 radical (unpaired) electrons. The molecule has 4 rings (SSSR count). The third kappa shape index (κ3) is 2.53. The molecule has 2 bridgehead atoms. The molecule has 1 aromatic carbocycles. The Balaban J connectivity index is 1.47. The predicted molar refractivity (Wildman–Crippen MR) is 88.5 cm³/mol. The van der Waals surface area contributed by atoms with Crippen LogP contribution < -0.4 is 5.32 Å². The summed E-state index contributed by atoms with van der Waals surface area (Å²) in [4.78, 5) is 0. The molecule has 1 N–H and O–H groups in total. The van der Waals surface area contributed by atoms with Crippen LogP contribution in [0.5, 0.6) is 0 Å². The van der Waals surface area contributed by atoms with E-state index >= 15 is 0 Å². The standard InChI is InChI=1S/C19H26ClN/c1-2-8-21-16(10-12-4-3-5-15(20)9-12)19-17-13-6-7-14(11-13)18(17)19/h3-5,9,13-14,16-19,21H,2,6-8,10-11H2,1H3. The van der Waals surface area contributed by atoms with E-state index in [1.165, 1.54) is 24.8 Å². The van der Waals surface area contributed by atoms with Crippen LogP contribution in [0.1, 0.15) is 38.2 Å². The SMILES string of the molecule is CCCNC(Cc1cccc(Cl)c1)C1C2C3CCC(C3)C21. The molecule has 0 spiro atoms. The molecule has 0 saturated heterocycles. The van der Waals surface area contributed by atoms with Gasteiger partial charge in [-0.05, 0) is 85.9 Å². The number of benzene rings is 1. The third-order valence-corrected chi connectivity index (χ3v) is 6.50. The summed E-state index contributed by atoms with van der Waals surface area (Å²) in [5, 5.41) is 4.73. The number of rotatable bonds is 6.